The van der Waals surface area contributed by atoms with E-state index in [4.69, 9.17) is 0 Å². The Morgan fingerprint density at radius 1 is 1.28 bits per heavy atom. The molecule has 8 nitrogen and oxygen atoms in total. The number of anilines is 2. The third kappa shape index (κ3) is 5.12. The standard InChI is InChI=1S/C19H27N5O3S2/c1-13-12-14-8-5-6-9-15(14)24(13)11-7-10-20-29(26,27)18-23-22-17(28-18)21-16(25)19(2,3)4/h5-6,8-9,13,20H,7,10-12H2,1-4H3,(H,21,22,25)/t13-/m0/s1. The zero-order chi connectivity index (χ0) is 21.2. The molecule has 0 spiro atoms. The second kappa shape index (κ2) is 8.37. The number of nitrogens with one attached hydrogen (secondary N) is 2. The quantitative estimate of drug-likeness (QED) is 0.510. The summed E-state index contributed by atoms with van der Waals surface area (Å²) in [7, 11) is -3.76. The Kier molecular flexibility index (Phi) is 6.25. The number of aromatic nitrogens is 2. The average molecular weight is 438 g/mol. The van der Waals surface area contributed by atoms with Crippen LogP contribution in [0.25, 0.3) is 0 Å². The molecule has 0 saturated carbocycles. The van der Waals surface area contributed by atoms with Gasteiger partial charge < -0.3 is 10.2 Å². The topological polar surface area (TPSA) is 104 Å². The third-order valence-electron chi connectivity index (χ3n) is 4.75. The summed E-state index contributed by atoms with van der Waals surface area (Å²) >= 11 is 0.844. The zero-order valence-corrected chi connectivity index (χ0v) is 18.7. The molecule has 1 aliphatic heterocycles. The molecule has 1 atom stereocenters. The minimum absolute atomic E-state index is 0.151. The van der Waals surface area contributed by atoms with Crippen molar-refractivity contribution in [1.82, 2.24) is 14.9 Å². The first-order chi connectivity index (χ1) is 13.6. The van der Waals surface area contributed by atoms with E-state index in [1.54, 1.807) is 20.8 Å². The Morgan fingerprint density at radius 3 is 2.72 bits per heavy atom. The number of hydrogen-bond acceptors (Lipinski definition) is 7. The molecule has 10 heteroatoms. The summed E-state index contributed by atoms with van der Waals surface area (Å²) in [5, 5.41) is 10.3. The molecule has 3 rings (SSSR count). The molecule has 0 aliphatic carbocycles. The lowest BCUT2D eigenvalue weighted by Crippen LogP contribution is -2.33. The van der Waals surface area contributed by atoms with Crippen LogP contribution >= 0.6 is 11.3 Å². The van der Waals surface area contributed by atoms with Gasteiger partial charge in [-0.05, 0) is 31.4 Å². The largest absolute Gasteiger partial charge is 0.368 e. The first-order valence-corrected chi connectivity index (χ1v) is 11.9. The Hall–Kier alpha value is -2.04. The van der Waals surface area contributed by atoms with E-state index in [0.29, 0.717) is 19.0 Å². The van der Waals surface area contributed by atoms with Gasteiger partial charge in [0.05, 0.1) is 0 Å². The summed E-state index contributed by atoms with van der Waals surface area (Å²) in [5.41, 5.74) is 1.96. The monoisotopic (exact) mass is 437 g/mol. The molecule has 29 heavy (non-hydrogen) atoms. The number of benzene rings is 1. The van der Waals surface area contributed by atoms with Crippen molar-refractivity contribution >= 4 is 38.1 Å². The van der Waals surface area contributed by atoms with Crippen molar-refractivity contribution in [3.8, 4) is 0 Å². The minimum Gasteiger partial charge on any atom is -0.368 e. The van der Waals surface area contributed by atoms with Crippen LogP contribution in [0.3, 0.4) is 0 Å². The van der Waals surface area contributed by atoms with E-state index in [1.807, 2.05) is 12.1 Å². The van der Waals surface area contributed by atoms with E-state index in [1.165, 1.54) is 11.3 Å². The van der Waals surface area contributed by atoms with Gasteiger partial charge in [-0.2, -0.15) is 0 Å². The predicted octanol–water partition coefficient (Wildman–Crippen LogP) is 2.64. The molecule has 2 N–H and O–H groups in total. The van der Waals surface area contributed by atoms with Crippen LogP contribution in [0.4, 0.5) is 10.8 Å². The fourth-order valence-corrected chi connectivity index (χ4v) is 5.15. The number of rotatable bonds is 7. The summed E-state index contributed by atoms with van der Waals surface area (Å²) < 4.78 is 27.3. The van der Waals surface area contributed by atoms with E-state index in [9.17, 15) is 13.2 Å². The first kappa shape index (κ1) is 21.7. The summed E-state index contributed by atoms with van der Waals surface area (Å²) in [6.45, 7) is 8.55. The maximum absolute atomic E-state index is 12.5. The fourth-order valence-electron chi connectivity index (χ4n) is 3.14. The molecule has 0 radical (unpaired) electrons. The van der Waals surface area contributed by atoms with Crippen LogP contribution < -0.4 is 14.9 Å². The SMILES string of the molecule is C[C@H]1Cc2ccccc2N1CCCNS(=O)(=O)c1nnc(NC(=O)C(C)(C)C)s1. The van der Waals surface area contributed by atoms with Gasteiger partial charge in [-0.3, -0.25) is 4.79 Å². The van der Waals surface area contributed by atoms with Gasteiger partial charge in [0.25, 0.3) is 10.0 Å². The zero-order valence-electron chi connectivity index (χ0n) is 17.1. The lowest BCUT2D eigenvalue weighted by Gasteiger charge is -2.24. The number of amides is 1. The summed E-state index contributed by atoms with van der Waals surface area (Å²) in [6, 6.07) is 8.72. The molecule has 0 fully saturated rings. The highest BCUT2D eigenvalue weighted by molar-refractivity contribution is 7.91. The lowest BCUT2D eigenvalue weighted by atomic mass is 9.96. The second-order valence-electron chi connectivity index (χ2n) is 8.20. The Balaban J connectivity index is 1.53. The van der Waals surface area contributed by atoms with E-state index in [2.05, 4.69) is 44.2 Å². The Labute approximate surface area is 175 Å². The molecular formula is C19H27N5O3S2. The van der Waals surface area contributed by atoms with Crippen LogP contribution in [0.1, 0.15) is 39.7 Å². The van der Waals surface area contributed by atoms with E-state index in [-0.39, 0.29) is 15.4 Å². The van der Waals surface area contributed by atoms with Crippen molar-refractivity contribution < 1.29 is 13.2 Å². The average Bonchev–Trinajstić information content (AvgIpc) is 3.22. The number of nitrogens with zero attached hydrogens (tertiary/aromatic N) is 3. The summed E-state index contributed by atoms with van der Waals surface area (Å²) in [4.78, 5) is 14.3. The fraction of sp³-hybridized carbons (Fsp3) is 0.526. The van der Waals surface area contributed by atoms with Gasteiger partial charge in [0, 0.05) is 30.2 Å². The van der Waals surface area contributed by atoms with Gasteiger partial charge in [-0.15, -0.1) is 10.2 Å². The van der Waals surface area contributed by atoms with E-state index in [0.717, 1.165) is 24.3 Å². The molecular weight excluding hydrogens is 410 g/mol. The maximum Gasteiger partial charge on any atom is 0.269 e. The summed E-state index contributed by atoms with van der Waals surface area (Å²) in [6.07, 6.45) is 1.68. The Bertz CT molecular complexity index is 982. The number of hydrogen-bond donors (Lipinski definition) is 2. The molecule has 1 aromatic carbocycles. The van der Waals surface area contributed by atoms with Gasteiger partial charge in [0.2, 0.25) is 15.4 Å². The van der Waals surface area contributed by atoms with Crippen molar-refractivity contribution in [2.45, 2.75) is 50.9 Å². The Morgan fingerprint density at radius 2 is 2.00 bits per heavy atom. The van der Waals surface area contributed by atoms with Crippen molar-refractivity contribution in [1.29, 1.82) is 0 Å². The normalized spacial score (nSPS) is 16.7. The van der Waals surface area contributed by atoms with Crippen LogP contribution in [0, 0.1) is 5.41 Å². The van der Waals surface area contributed by atoms with Crippen LogP contribution in [-0.2, 0) is 21.2 Å². The molecule has 158 valence electrons. The van der Waals surface area contributed by atoms with E-state index >= 15 is 0 Å². The number of para-hydroxylation sites is 1. The molecule has 0 unspecified atom stereocenters. The van der Waals surface area contributed by atoms with Crippen LogP contribution in [0.2, 0.25) is 0 Å². The van der Waals surface area contributed by atoms with Crippen molar-refractivity contribution in [2.75, 3.05) is 23.3 Å². The van der Waals surface area contributed by atoms with Gasteiger partial charge >= 0.3 is 0 Å². The van der Waals surface area contributed by atoms with Crippen LogP contribution in [0.5, 0.6) is 0 Å². The molecule has 2 aromatic rings. The van der Waals surface area contributed by atoms with Gasteiger partial charge in [0.15, 0.2) is 0 Å². The van der Waals surface area contributed by atoms with Crippen molar-refractivity contribution in [3.05, 3.63) is 29.8 Å². The number of sulfonamides is 1. The maximum atomic E-state index is 12.5. The van der Waals surface area contributed by atoms with Gasteiger partial charge in [0.1, 0.15) is 0 Å². The van der Waals surface area contributed by atoms with Crippen molar-refractivity contribution in [2.24, 2.45) is 5.41 Å². The van der Waals surface area contributed by atoms with Crippen LogP contribution in [-0.4, -0.2) is 43.7 Å². The highest BCUT2D eigenvalue weighted by Crippen LogP contribution is 2.31. The highest BCUT2D eigenvalue weighted by Gasteiger charge is 2.26. The number of fused-ring (bicyclic) bond motifs is 1. The molecule has 0 bridgehead atoms. The minimum atomic E-state index is -3.76. The predicted molar refractivity (Wildman–Crippen MR) is 115 cm³/mol. The second-order valence-corrected chi connectivity index (χ2v) is 11.1. The van der Waals surface area contributed by atoms with Gasteiger partial charge in [-0.25, -0.2) is 13.1 Å². The third-order valence-corrected chi connectivity index (χ3v) is 7.42. The molecule has 1 amide bonds. The van der Waals surface area contributed by atoms with Crippen molar-refractivity contribution in [3.63, 3.8) is 0 Å². The molecule has 2 heterocycles. The molecule has 1 aromatic heterocycles. The van der Waals surface area contributed by atoms with Gasteiger partial charge in [-0.1, -0.05) is 50.3 Å². The number of carbonyl (C=O) groups excluding carboxylic acids is 1. The number of carbonyl (C=O) groups is 1. The van der Waals surface area contributed by atoms with Crippen LogP contribution in [0.15, 0.2) is 28.6 Å². The lowest BCUT2D eigenvalue weighted by molar-refractivity contribution is -0.123. The summed E-state index contributed by atoms with van der Waals surface area (Å²) in [5.74, 6) is -0.245. The van der Waals surface area contributed by atoms with E-state index < -0.39 is 15.4 Å². The smallest absolute Gasteiger partial charge is 0.269 e. The molecule has 1 aliphatic rings. The first-order valence-electron chi connectivity index (χ1n) is 9.57. The highest BCUT2D eigenvalue weighted by atomic mass is 32.2. The molecule has 0 saturated heterocycles.